The number of rotatable bonds is 7. The lowest BCUT2D eigenvalue weighted by Crippen LogP contribution is -2.20. The lowest BCUT2D eigenvalue weighted by atomic mass is 10.0. The third-order valence-electron chi connectivity index (χ3n) is 4.72. The van der Waals surface area contributed by atoms with Crippen LogP contribution in [-0.2, 0) is 10.0 Å². The lowest BCUT2D eigenvalue weighted by molar-refractivity contribution is 0.0955. The van der Waals surface area contributed by atoms with Crippen LogP contribution in [0.4, 0.5) is 5.69 Å². The molecule has 0 aliphatic heterocycles. The van der Waals surface area contributed by atoms with Crippen LogP contribution in [0.3, 0.4) is 0 Å². The molecule has 164 valence electrons. The predicted molar refractivity (Wildman–Crippen MR) is 127 cm³/mol. The maximum Gasteiger partial charge on any atom is 0.271 e. The van der Waals surface area contributed by atoms with E-state index in [0.717, 1.165) is 11.1 Å². The minimum atomic E-state index is -3.71. The van der Waals surface area contributed by atoms with Crippen molar-refractivity contribution in [2.45, 2.75) is 4.90 Å². The molecule has 4 rings (SSSR count). The second kappa shape index (κ2) is 9.88. The van der Waals surface area contributed by atoms with Crippen LogP contribution in [0.25, 0.3) is 0 Å². The van der Waals surface area contributed by atoms with Crippen molar-refractivity contribution in [3.63, 3.8) is 0 Å². The quantitative estimate of drug-likeness (QED) is 0.323. The van der Waals surface area contributed by atoms with Gasteiger partial charge in [0.05, 0.1) is 10.6 Å². The van der Waals surface area contributed by atoms with Gasteiger partial charge < -0.3 is 0 Å². The Bertz CT molecular complexity index is 1320. The van der Waals surface area contributed by atoms with Crippen molar-refractivity contribution in [3.05, 3.63) is 126 Å². The van der Waals surface area contributed by atoms with E-state index in [-0.39, 0.29) is 4.90 Å². The van der Waals surface area contributed by atoms with Gasteiger partial charge in [-0.25, -0.2) is 13.8 Å². The highest BCUT2D eigenvalue weighted by Gasteiger charge is 2.14. The highest BCUT2D eigenvalue weighted by Crippen LogP contribution is 2.17. The van der Waals surface area contributed by atoms with Gasteiger partial charge in [-0.3, -0.25) is 14.5 Å². The molecule has 4 aromatic rings. The van der Waals surface area contributed by atoms with Crippen molar-refractivity contribution in [2.75, 3.05) is 4.72 Å². The molecule has 0 aliphatic rings. The first-order valence-corrected chi connectivity index (χ1v) is 11.5. The van der Waals surface area contributed by atoms with Gasteiger partial charge in [0.1, 0.15) is 0 Å². The topological polar surface area (TPSA) is 101 Å². The van der Waals surface area contributed by atoms with Gasteiger partial charge in [0.15, 0.2) is 0 Å². The zero-order valence-corrected chi connectivity index (χ0v) is 18.2. The van der Waals surface area contributed by atoms with Crippen LogP contribution in [0.15, 0.2) is 119 Å². The highest BCUT2D eigenvalue weighted by atomic mass is 32.2. The summed E-state index contributed by atoms with van der Waals surface area (Å²) in [6, 6.07) is 27.3. The first-order valence-electron chi connectivity index (χ1n) is 10.0. The number of sulfonamides is 1. The minimum absolute atomic E-state index is 0.158. The zero-order chi connectivity index (χ0) is 23.1. The predicted octanol–water partition coefficient (Wildman–Crippen LogP) is 4.06. The number of pyridine rings is 1. The summed E-state index contributed by atoms with van der Waals surface area (Å²) in [5.41, 5.74) is 5.51. The summed E-state index contributed by atoms with van der Waals surface area (Å²) in [5, 5.41) is 4.34. The number of anilines is 1. The van der Waals surface area contributed by atoms with E-state index >= 15 is 0 Å². The Labute approximate surface area is 191 Å². The standard InChI is InChI=1S/C25H20N4O3S/c30-25(28-27-24(19-7-3-1-4-8-19)20-15-17-26-18-16-20)21-11-13-22(14-12-21)29-33(31,32)23-9-5-2-6-10-23/h1-18,29H,(H,28,30)/b27-24+. The van der Waals surface area contributed by atoms with Crippen molar-refractivity contribution in [1.82, 2.24) is 10.4 Å². The van der Waals surface area contributed by atoms with Gasteiger partial charge in [0, 0.05) is 34.8 Å². The van der Waals surface area contributed by atoms with Crippen LogP contribution >= 0.6 is 0 Å². The van der Waals surface area contributed by atoms with E-state index in [2.05, 4.69) is 20.2 Å². The molecule has 8 heteroatoms. The van der Waals surface area contributed by atoms with Gasteiger partial charge in [-0.05, 0) is 48.5 Å². The first-order chi connectivity index (χ1) is 16.0. The van der Waals surface area contributed by atoms with E-state index in [9.17, 15) is 13.2 Å². The fourth-order valence-electron chi connectivity index (χ4n) is 3.08. The zero-order valence-electron chi connectivity index (χ0n) is 17.4. The number of carbonyl (C=O) groups is 1. The largest absolute Gasteiger partial charge is 0.280 e. The van der Waals surface area contributed by atoms with Gasteiger partial charge in [-0.15, -0.1) is 0 Å². The lowest BCUT2D eigenvalue weighted by Gasteiger charge is -2.09. The molecule has 33 heavy (non-hydrogen) atoms. The Balaban J connectivity index is 1.50. The summed E-state index contributed by atoms with van der Waals surface area (Å²) in [5.74, 6) is -0.421. The second-order valence-electron chi connectivity index (χ2n) is 7.00. The number of aromatic nitrogens is 1. The maximum absolute atomic E-state index is 12.7. The van der Waals surface area contributed by atoms with Gasteiger partial charge in [-0.1, -0.05) is 48.5 Å². The summed E-state index contributed by atoms with van der Waals surface area (Å²) in [4.78, 5) is 16.8. The molecule has 0 unspecified atom stereocenters. The number of amides is 1. The van der Waals surface area contributed by atoms with Gasteiger partial charge in [-0.2, -0.15) is 5.10 Å². The molecule has 0 aliphatic carbocycles. The van der Waals surface area contributed by atoms with Crippen LogP contribution in [0.5, 0.6) is 0 Å². The van der Waals surface area contributed by atoms with E-state index in [1.165, 1.54) is 36.4 Å². The summed E-state index contributed by atoms with van der Waals surface area (Å²) in [7, 11) is -3.71. The highest BCUT2D eigenvalue weighted by molar-refractivity contribution is 7.92. The summed E-state index contributed by atoms with van der Waals surface area (Å²) in [6.45, 7) is 0. The maximum atomic E-state index is 12.7. The average molecular weight is 457 g/mol. The van der Waals surface area contributed by atoms with Gasteiger partial charge in [0.25, 0.3) is 15.9 Å². The van der Waals surface area contributed by atoms with Crippen LogP contribution in [0.1, 0.15) is 21.5 Å². The molecule has 0 saturated carbocycles. The van der Waals surface area contributed by atoms with Crippen molar-refractivity contribution in [2.24, 2.45) is 5.10 Å². The Kier molecular flexibility index (Phi) is 6.56. The molecule has 1 heterocycles. The van der Waals surface area contributed by atoms with Crippen molar-refractivity contribution < 1.29 is 13.2 Å². The van der Waals surface area contributed by atoms with Gasteiger partial charge >= 0.3 is 0 Å². The van der Waals surface area contributed by atoms with E-state index in [0.29, 0.717) is 17.0 Å². The van der Waals surface area contributed by atoms with E-state index in [1.807, 2.05) is 42.5 Å². The molecule has 1 aromatic heterocycles. The smallest absolute Gasteiger partial charge is 0.271 e. The fourth-order valence-corrected chi connectivity index (χ4v) is 4.16. The normalized spacial score (nSPS) is 11.6. The Hall–Kier alpha value is -4.30. The number of nitrogens with one attached hydrogen (secondary N) is 2. The number of carbonyl (C=O) groups excluding carboxylic acids is 1. The molecule has 0 bridgehead atoms. The van der Waals surface area contributed by atoms with E-state index in [1.54, 1.807) is 30.6 Å². The van der Waals surface area contributed by atoms with Crippen molar-refractivity contribution >= 4 is 27.3 Å². The third-order valence-corrected chi connectivity index (χ3v) is 6.12. The van der Waals surface area contributed by atoms with Crippen LogP contribution in [-0.4, -0.2) is 25.0 Å². The SMILES string of the molecule is O=C(N/N=C(\c1ccccc1)c1ccncc1)c1ccc(NS(=O)(=O)c2ccccc2)cc1. The Morgan fingerprint density at radius 2 is 1.27 bits per heavy atom. The molecular formula is C25H20N4O3S. The van der Waals surface area contributed by atoms with Crippen LogP contribution in [0, 0.1) is 0 Å². The van der Waals surface area contributed by atoms with E-state index < -0.39 is 15.9 Å². The Morgan fingerprint density at radius 1 is 0.697 bits per heavy atom. The fraction of sp³-hybridized carbons (Fsp3) is 0. The number of hydrazone groups is 1. The molecular weight excluding hydrogens is 436 g/mol. The average Bonchev–Trinajstić information content (AvgIpc) is 2.86. The van der Waals surface area contributed by atoms with E-state index in [4.69, 9.17) is 0 Å². The molecule has 3 aromatic carbocycles. The molecule has 2 N–H and O–H groups in total. The first kappa shape index (κ1) is 21.9. The molecule has 0 atom stereocenters. The van der Waals surface area contributed by atoms with Gasteiger partial charge in [0.2, 0.25) is 0 Å². The molecule has 0 saturated heterocycles. The summed E-state index contributed by atoms with van der Waals surface area (Å²) < 4.78 is 27.4. The Morgan fingerprint density at radius 3 is 1.91 bits per heavy atom. The number of nitrogens with zero attached hydrogens (tertiary/aromatic N) is 2. The molecule has 0 spiro atoms. The third kappa shape index (κ3) is 5.50. The number of benzene rings is 3. The second-order valence-corrected chi connectivity index (χ2v) is 8.68. The van der Waals surface area contributed by atoms with Crippen LogP contribution in [0.2, 0.25) is 0 Å². The molecule has 1 amide bonds. The van der Waals surface area contributed by atoms with Crippen LogP contribution < -0.4 is 10.1 Å². The number of hydrogen-bond donors (Lipinski definition) is 2. The monoisotopic (exact) mass is 456 g/mol. The summed E-state index contributed by atoms with van der Waals surface area (Å²) in [6.07, 6.45) is 3.32. The molecule has 7 nitrogen and oxygen atoms in total. The van der Waals surface area contributed by atoms with Crippen molar-refractivity contribution in [1.29, 1.82) is 0 Å². The molecule has 0 radical (unpaired) electrons. The van der Waals surface area contributed by atoms with Crippen molar-refractivity contribution in [3.8, 4) is 0 Å². The number of hydrogen-bond acceptors (Lipinski definition) is 5. The summed E-state index contributed by atoms with van der Waals surface area (Å²) >= 11 is 0. The molecule has 0 fully saturated rings. The minimum Gasteiger partial charge on any atom is -0.280 e.